The van der Waals surface area contributed by atoms with Crippen molar-refractivity contribution in [2.75, 3.05) is 6.54 Å². The van der Waals surface area contributed by atoms with Gasteiger partial charge in [-0.05, 0) is 56.2 Å². The van der Waals surface area contributed by atoms with Crippen LogP contribution in [0.4, 0.5) is 0 Å². The molecule has 1 saturated carbocycles. The molecule has 1 aromatic carbocycles. The summed E-state index contributed by atoms with van der Waals surface area (Å²) in [5.74, 6) is 0.560. The number of rotatable bonds is 3. The molecule has 2 fully saturated rings. The minimum Gasteiger partial charge on any atom is -0.324 e. The third kappa shape index (κ3) is 2.74. The quantitative estimate of drug-likeness (QED) is 0.933. The van der Waals surface area contributed by atoms with Gasteiger partial charge in [0.2, 0.25) is 10.0 Å². The molecule has 116 valence electrons. The summed E-state index contributed by atoms with van der Waals surface area (Å²) in [6.07, 6.45) is 5.50. The molecule has 0 bridgehead atoms. The molecule has 3 unspecified atom stereocenters. The standard InChI is InChI=1S/C16H24N2O2S/c1-12(17)14-6-2-8-15(11-14)21(19,20)18-10-4-7-13-5-3-9-16(13)18/h2,6,8,11-13,16H,3-5,7,9-10,17H2,1H3. The molecule has 21 heavy (non-hydrogen) atoms. The van der Waals surface area contributed by atoms with Gasteiger partial charge in [-0.25, -0.2) is 8.42 Å². The van der Waals surface area contributed by atoms with E-state index in [1.807, 2.05) is 13.0 Å². The van der Waals surface area contributed by atoms with Gasteiger partial charge in [0.25, 0.3) is 0 Å². The van der Waals surface area contributed by atoms with Gasteiger partial charge < -0.3 is 5.73 Å². The Balaban J connectivity index is 1.94. The number of hydrogen-bond acceptors (Lipinski definition) is 3. The number of fused-ring (bicyclic) bond motifs is 1. The molecule has 0 spiro atoms. The van der Waals surface area contributed by atoms with Crippen LogP contribution in [-0.4, -0.2) is 25.3 Å². The van der Waals surface area contributed by atoms with E-state index in [1.54, 1.807) is 22.5 Å². The summed E-state index contributed by atoms with van der Waals surface area (Å²) in [5, 5.41) is 0. The Morgan fingerprint density at radius 3 is 2.76 bits per heavy atom. The molecule has 1 aliphatic heterocycles. The van der Waals surface area contributed by atoms with Gasteiger partial charge in [0, 0.05) is 18.6 Å². The lowest BCUT2D eigenvalue weighted by Crippen LogP contribution is -2.46. The van der Waals surface area contributed by atoms with Crippen molar-refractivity contribution in [3.63, 3.8) is 0 Å². The van der Waals surface area contributed by atoms with E-state index in [2.05, 4.69) is 0 Å². The van der Waals surface area contributed by atoms with Crippen LogP contribution in [0.25, 0.3) is 0 Å². The fourth-order valence-corrected chi connectivity index (χ4v) is 5.61. The molecule has 0 amide bonds. The average molecular weight is 308 g/mol. The molecule has 4 nitrogen and oxygen atoms in total. The number of piperidine rings is 1. The molecule has 3 atom stereocenters. The lowest BCUT2D eigenvalue weighted by molar-refractivity contribution is 0.202. The van der Waals surface area contributed by atoms with Crippen LogP contribution in [0, 0.1) is 5.92 Å². The zero-order chi connectivity index (χ0) is 15.0. The second-order valence-electron chi connectivity index (χ2n) is 6.38. The first-order valence-corrected chi connectivity index (χ1v) is 9.31. The Hall–Kier alpha value is -0.910. The number of sulfonamides is 1. The molecule has 0 aromatic heterocycles. The number of nitrogens with two attached hydrogens (primary N) is 1. The predicted octanol–water partition coefficient (Wildman–Crippen LogP) is 2.66. The minimum atomic E-state index is -3.39. The van der Waals surface area contributed by atoms with Crippen LogP contribution in [-0.2, 0) is 10.0 Å². The Kier molecular flexibility index (Phi) is 4.08. The van der Waals surface area contributed by atoms with Crippen molar-refractivity contribution in [1.82, 2.24) is 4.31 Å². The van der Waals surface area contributed by atoms with Crippen LogP contribution < -0.4 is 5.73 Å². The molecule has 2 N–H and O–H groups in total. The topological polar surface area (TPSA) is 63.4 Å². The fraction of sp³-hybridized carbons (Fsp3) is 0.625. The number of benzene rings is 1. The van der Waals surface area contributed by atoms with E-state index >= 15 is 0 Å². The van der Waals surface area contributed by atoms with Gasteiger partial charge in [0.15, 0.2) is 0 Å². The van der Waals surface area contributed by atoms with E-state index in [1.165, 1.54) is 12.8 Å². The van der Waals surface area contributed by atoms with Crippen molar-refractivity contribution in [3.8, 4) is 0 Å². The van der Waals surface area contributed by atoms with Crippen LogP contribution in [0.3, 0.4) is 0 Å². The summed E-state index contributed by atoms with van der Waals surface area (Å²) < 4.78 is 27.7. The van der Waals surface area contributed by atoms with Gasteiger partial charge in [-0.15, -0.1) is 0 Å². The molecule has 1 aromatic rings. The summed E-state index contributed by atoms with van der Waals surface area (Å²) >= 11 is 0. The zero-order valence-electron chi connectivity index (χ0n) is 12.5. The van der Waals surface area contributed by atoms with Crippen LogP contribution in [0.5, 0.6) is 0 Å². The molecule has 1 aliphatic carbocycles. The lowest BCUT2D eigenvalue weighted by Gasteiger charge is -2.36. The smallest absolute Gasteiger partial charge is 0.243 e. The van der Waals surface area contributed by atoms with Crippen LogP contribution in [0.1, 0.15) is 50.6 Å². The highest BCUT2D eigenvalue weighted by molar-refractivity contribution is 7.89. The maximum absolute atomic E-state index is 13.0. The number of hydrogen-bond donors (Lipinski definition) is 1. The Morgan fingerprint density at radius 2 is 2.00 bits per heavy atom. The van der Waals surface area contributed by atoms with E-state index in [-0.39, 0.29) is 12.1 Å². The largest absolute Gasteiger partial charge is 0.324 e. The Labute approximate surface area is 127 Å². The Morgan fingerprint density at radius 1 is 1.24 bits per heavy atom. The first kappa shape index (κ1) is 15.0. The summed E-state index contributed by atoms with van der Waals surface area (Å²) in [4.78, 5) is 0.393. The highest BCUT2D eigenvalue weighted by atomic mass is 32.2. The van der Waals surface area contributed by atoms with Crippen molar-refractivity contribution < 1.29 is 8.42 Å². The molecule has 1 saturated heterocycles. The summed E-state index contributed by atoms with van der Waals surface area (Å²) in [5.41, 5.74) is 6.75. The summed E-state index contributed by atoms with van der Waals surface area (Å²) in [7, 11) is -3.39. The van der Waals surface area contributed by atoms with Gasteiger partial charge in [-0.2, -0.15) is 4.31 Å². The molecule has 3 rings (SSSR count). The maximum Gasteiger partial charge on any atom is 0.243 e. The summed E-state index contributed by atoms with van der Waals surface area (Å²) in [6, 6.07) is 7.17. The van der Waals surface area contributed by atoms with Gasteiger partial charge >= 0.3 is 0 Å². The van der Waals surface area contributed by atoms with Crippen LogP contribution in [0.15, 0.2) is 29.2 Å². The molecular weight excluding hydrogens is 284 g/mol. The van der Waals surface area contributed by atoms with Gasteiger partial charge in [-0.3, -0.25) is 0 Å². The molecule has 0 radical (unpaired) electrons. The van der Waals surface area contributed by atoms with Gasteiger partial charge in [-0.1, -0.05) is 18.6 Å². The second-order valence-corrected chi connectivity index (χ2v) is 8.27. The van der Waals surface area contributed by atoms with Crippen molar-refractivity contribution in [2.24, 2.45) is 11.7 Å². The molecule has 1 heterocycles. The molecule has 2 aliphatic rings. The van der Waals surface area contributed by atoms with Gasteiger partial charge in [0.1, 0.15) is 0 Å². The first-order valence-electron chi connectivity index (χ1n) is 7.87. The zero-order valence-corrected chi connectivity index (χ0v) is 13.3. The van der Waals surface area contributed by atoms with Crippen molar-refractivity contribution >= 4 is 10.0 Å². The second kappa shape index (κ2) is 5.71. The van der Waals surface area contributed by atoms with Crippen LogP contribution >= 0.6 is 0 Å². The lowest BCUT2D eigenvalue weighted by atomic mass is 9.94. The first-order chi connectivity index (χ1) is 10.00. The van der Waals surface area contributed by atoms with Crippen molar-refractivity contribution in [1.29, 1.82) is 0 Å². The predicted molar refractivity (Wildman–Crippen MR) is 83.3 cm³/mol. The maximum atomic E-state index is 13.0. The third-order valence-corrected chi connectivity index (χ3v) is 6.85. The van der Waals surface area contributed by atoms with Crippen molar-refractivity contribution in [2.45, 2.75) is 56.0 Å². The molecular formula is C16H24N2O2S. The van der Waals surface area contributed by atoms with E-state index in [9.17, 15) is 8.42 Å². The highest BCUT2D eigenvalue weighted by Crippen LogP contribution is 2.39. The Bertz CT molecular complexity index is 612. The highest BCUT2D eigenvalue weighted by Gasteiger charge is 2.41. The van der Waals surface area contributed by atoms with Crippen molar-refractivity contribution in [3.05, 3.63) is 29.8 Å². The van der Waals surface area contributed by atoms with E-state index in [0.29, 0.717) is 17.4 Å². The van der Waals surface area contributed by atoms with E-state index in [0.717, 1.165) is 24.8 Å². The minimum absolute atomic E-state index is 0.152. The molecule has 5 heteroatoms. The van der Waals surface area contributed by atoms with Gasteiger partial charge in [0.05, 0.1) is 4.90 Å². The SMILES string of the molecule is CC(N)c1cccc(S(=O)(=O)N2CCCC3CCCC32)c1. The van der Waals surface area contributed by atoms with E-state index < -0.39 is 10.0 Å². The third-order valence-electron chi connectivity index (χ3n) is 4.93. The fourth-order valence-electron chi connectivity index (χ4n) is 3.80. The van der Waals surface area contributed by atoms with Crippen LogP contribution in [0.2, 0.25) is 0 Å². The average Bonchev–Trinajstić information content (AvgIpc) is 2.95. The monoisotopic (exact) mass is 308 g/mol. The van der Waals surface area contributed by atoms with E-state index in [4.69, 9.17) is 5.73 Å². The number of nitrogens with zero attached hydrogens (tertiary/aromatic N) is 1. The normalized spacial score (nSPS) is 28.3. The summed E-state index contributed by atoms with van der Waals surface area (Å²) in [6.45, 7) is 2.53.